The molecular weight excluding hydrogens is 817 g/mol. The van der Waals surface area contributed by atoms with Crippen LogP contribution in [-0.4, -0.2) is 0 Å². The summed E-state index contributed by atoms with van der Waals surface area (Å²) in [4.78, 5) is 0. The lowest BCUT2D eigenvalue weighted by molar-refractivity contribution is 1.54. The molecule has 10 aromatic carbocycles. The minimum atomic E-state index is 1.18. The van der Waals surface area contributed by atoms with Crippen molar-refractivity contribution in [3.05, 3.63) is 358 Å². The molecule has 0 fully saturated rings. The first-order chi connectivity index (χ1) is 33.7. The van der Waals surface area contributed by atoms with Gasteiger partial charge in [0.1, 0.15) is 0 Å². The highest BCUT2D eigenvalue weighted by Gasteiger charge is 2.09. The van der Waals surface area contributed by atoms with Crippen LogP contribution in [0.15, 0.2) is 291 Å². The molecule has 0 spiro atoms. The van der Waals surface area contributed by atoms with Gasteiger partial charge in [-0.25, -0.2) is 0 Å². The molecule has 68 heavy (non-hydrogen) atoms. The maximum absolute atomic E-state index is 2.27. The molecule has 0 saturated heterocycles. The third-order valence-corrected chi connectivity index (χ3v) is 11.8. The van der Waals surface area contributed by atoms with E-state index in [1.54, 1.807) is 0 Å². The highest BCUT2D eigenvalue weighted by Crippen LogP contribution is 2.31. The van der Waals surface area contributed by atoms with Crippen LogP contribution in [0.5, 0.6) is 0 Å². The van der Waals surface area contributed by atoms with Crippen molar-refractivity contribution in [1.29, 1.82) is 0 Å². The Hall–Kier alpha value is -8.84. The summed E-state index contributed by atoms with van der Waals surface area (Å²) in [6.07, 6.45) is 9.09. The highest BCUT2D eigenvalue weighted by atomic mass is 14.1. The average Bonchev–Trinajstić information content (AvgIpc) is 3.43. The molecule has 0 atom stereocenters. The summed E-state index contributed by atoms with van der Waals surface area (Å²) >= 11 is 0. The number of rotatable bonds is 12. The van der Waals surface area contributed by atoms with Gasteiger partial charge in [0.25, 0.3) is 0 Å². The number of hydrogen-bond acceptors (Lipinski definition) is 0. The minimum absolute atomic E-state index is 1.18. The fraction of sp³-hybridized carbons (Fsp3) is 0. The zero-order chi connectivity index (χ0) is 46.0. The van der Waals surface area contributed by atoms with Gasteiger partial charge < -0.3 is 0 Å². The Morgan fingerprint density at radius 2 is 0.265 bits per heavy atom. The molecule has 0 amide bonds. The largest absolute Gasteiger partial charge is 0.0622 e. The van der Waals surface area contributed by atoms with E-state index in [9.17, 15) is 0 Å². The van der Waals surface area contributed by atoms with Crippen molar-refractivity contribution < 1.29 is 0 Å². The van der Waals surface area contributed by atoms with E-state index in [-0.39, 0.29) is 0 Å². The molecule has 0 aliphatic carbocycles. The van der Waals surface area contributed by atoms with Crippen molar-refractivity contribution in [2.24, 2.45) is 0 Å². The van der Waals surface area contributed by atoms with Crippen LogP contribution in [0.25, 0.3) is 46.6 Å². The molecule has 10 aromatic rings. The summed E-state index contributed by atoms with van der Waals surface area (Å²) in [5, 5.41) is 0. The predicted molar refractivity (Wildman–Crippen MR) is 292 cm³/mol. The lowest BCUT2D eigenvalue weighted by Crippen LogP contribution is -1.89. The van der Waals surface area contributed by atoms with Gasteiger partial charge in [-0.2, -0.15) is 0 Å². The zero-order valence-corrected chi connectivity index (χ0v) is 38.0. The molecule has 0 aliphatic heterocycles. The van der Waals surface area contributed by atoms with Crippen LogP contribution < -0.4 is 0 Å². The van der Waals surface area contributed by atoms with E-state index in [0.717, 1.165) is 0 Å². The summed E-state index contributed by atoms with van der Waals surface area (Å²) < 4.78 is 0. The van der Waals surface area contributed by atoms with E-state index in [0.29, 0.717) is 0 Å². The Labute approximate surface area is 402 Å². The van der Waals surface area contributed by atoms with Crippen molar-refractivity contribution >= 4 is 46.6 Å². The van der Waals surface area contributed by atoms with Gasteiger partial charge in [0, 0.05) is 0 Å². The van der Waals surface area contributed by atoms with E-state index < -0.39 is 0 Å². The van der Waals surface area contributed by atoms with Gasteiger partial charge in [0.15, 0.2) is 0 Å². The van der Waals surface area contributed by atoms with E-state index in [1.807, 2.05) is 0 Å². The summed E-state index contributed by atoms with van der Waals surface area (Å²) in [6, 6.07) is 102. The Morgan fingerprint density at radius 1 is 0.147 bits per heavy atom. The third-order valence-electron chi connectivity index (χ3n) is 11.8. The minimum Gasteiger partial charge on any atom is -0.0622 e. The fourth-order valence-electron chi connectivity index (χ4n) is 8.32. The highest BCUT2D eigenvalue weighted by molar-refractivity contribution is 5.95. The molecule has 0 aliphatic rings. The van der Waals surface area contributed by atoms with Crippen LogP contribution in [0.1, 0.15) is 66.8 Å². The van der Waals surface area contributed by atoms with Crippen LogP contribution in [0.3, 0.4) is 0 Å². The Balaban J connectivity index is 0.000000170. The van der Waals surface area contributed by atoms with Crippen molar-refractivity contribution in [3.63, 3.8) is 0 Å². The molecule has 0 aromatic heterocycles. The topological polar surface area (TPSA) is 0 Å². The molecule has 10 rings (SSSR count). The van der Waals surface area contributed by atoms with Gasteiger partial charge in [-0.1, -0.05) is 291 Å². The van der Waals surface area contributed by atoms with Gasteiger partial charge >= 0.3 is 0 Å². The molecule has 0 heterocycles. The van der Waals surface area contributed by atoms with Crippen molar-refractivity contribution in [2.75, 3.05) is 0 Å². The lowest BCUT2D eigenvalue weighted by Gasteiger charge is -2.10. The van der Waals surface area contributed by atoms with E-state index >= 15 is 0 Å². The summed E-state index contributed by atoms with van der Waals surface area (Å²) in [6.45, 7) is 0. The van der Waals surface area contributed by atoms with Crippen LogP contribution in [0.2, 0.25) is 0 Å². The maximum atomic E-state index is 2.27. The molecule has 0 saturated carbocycles. The van der Waals surface area contributed by atoms with Crippen LogP contribution in [-0.2, 0) is 0 Å². The zero-order valence-electron chi connectivity index (χ0n) is 38.0. The molecule has 0 heteroatoms. The molecule has 0 radical (unpaired) electrons. The molecule has 0 bridgehead atoms. The van der Waals surface area contributed by atoms with Gasteiger partial charge in [-0.15, -0.1) is 0 Å². The molecular formula is C68H52. The monoisotopic (exact) mass is 868 g/mol. The number of hydrogen-bond donors (Lipinski definition) is 0. The summed E-state index contributed by atoms with van der Waals surface area (Å²) in [5.41, 5.74) is 19.3. The first-order valence-corrected chi connectivity index (χ1v) is 23.2. The molecule has 0 N–H and O–H groups in total. The molecule has 0 unspecified atom stereocenters. The maximum Gasteiger partial charge on any atom is -0.0105 e. The molecule has 0 nitrogen and oxygen atoms in total. The Bertz CT molecular complexity index is 2590. The lowest BCUT2D eigenvalue weighted by atomic mass is 9.94. The Morgan fingerprint density at radius 3 is 0.382 bits per heavy atom. The van der Waals surface area contributed by atoms with Crippen LogP contribution in [0.4, 0.5) is 0 Å². The van der Waals surface area contributed by atoms with Gasteiger partial charge in [-0.05, 0) is 113 Å². The average molecular weight is 869 g/mol. The van der Waals surface area contributed by atoms with Crippen LogP contribution >= 0.6 is 0 Å². The summed E-state index contributed by atoms with van der Waals surface area (Å²) in [7, 11) is 0. The molecule has 324 valence electrons. The van der Waals surface area contributed by atoms with Crippen molar-refractivity contribution in [1.82, 2.24) is 0 Å². The van der Waals surface area contributed by atoms with Crippen molar-refractivity contribution in [2.45, 2.75) is 0 Å². The van der Waals surface area contributed by atoms with E-state index in [1.165, 1.54) is 89.1 Å². The smallest absolute Gasteiger partial charge is 0.0105 e. The van der Waals surface area contributed by atoms with Gasteiger partial charge in [0.05, 0.1) is 0 Å². The first kappa shape index (κ1) is 44.4. The normalized spacial score (nSPS) is 10.4. The quantitative estimate of drug-likeness (QED) is 0.107. The number of benzene rings is 10. The third kappa shape index (κ3) is 11.9. The van der Waals surface area contributed by atoms with Gasteiger partial charge in [0.2, 0.25) is 0 Å². The van der Waals surface area contributed by atoms with Gasteiger partial charge in [-0.3, -0.25) is 0 Å². The second-order valence-corrected chi connectivity index (χ2v) is 16.5. The first-order valence-electron chi connectivity index (χ1n) is 23.2. The van der Waals surface area contributed by atoms with E-state index in [4.69, 9.17) is 0 Å². The van der Waals surface area contributed by atoms with Crippen LogP contribution in [0, 0.1) is 0 Å². The predicted octanol–water partition coefficient (Wildman–Crippen LogP) is 17.7. The van der Waals surface area contributed by atoms with Crippen molar-refractivity contribution in [3.8, 4) is 0 Å². The van der Waals surface area contributed by atoms with E-state index in [2.05, 4.69) is 315 Å². The SMILES string of the molecule is C(=C(c1ccccc1)c1ccccc1)c1ccc(C=C(c2ccccc2)c2ccccc2)cc1.C(=C(c1ccccc1)c1ccccc1)c1ccc(C=C(c2ccccc2)c2ccccc2)cc1. The standard InChI is InChI=1S/2C34H26/c2*1-5-13-29(14-6-1)33(30-15-7-2-8-16-30)25-27-21-23-28(24-22-27)26-34(31-17-9-3-10-18-31)32-19-11-4-12-20-32/h2*1-26H. The second kappa shape index (κ2) is 22.9. The second-order valence-electron chi connectivity index (χ2n) is 16.5. The Kier molecular flexibility index (Phi) is 14.9. The summed E-state index contributed by atoms with van der Waals surface area (Å²) in [5.74, 6) is 0. The fourth-order valence-corrected chi connectivity index (χ4v) is 8.32.